The van der Waals surface area contributed by atoms with Crippen LogP contribution in [0.3, 0.4) is 0 Å². The van der Waals surface area contributed by atoms with Crippen LogP contribution in [0.1, 0.15) is 43.0 Å². The second-order valence-corrected chi connectivity index (χ2v) is 7.30. The third kappa shape index (κ3) is 3.52. The Labute approximate surface area is 160 Å². The van der Waals surface area contributed by atoms with Gasteiger partial charge in [-0.2, -0.15) is 0 Å². The second-order valence-electron chi connectivity index (χ2n) is 7.30. The van der Waals surface area contributed by atoms with Crippen molar-refractivity contribution in [3.05, 3.63) is 70.4 Å². The largest absolute Gasteiger partial charge is 0.350 e. The van der Waals surface area contributed by atoms with Gasteiger partial charge in [-0.1, -0.05) is 37.3 Å². The quantitative estimate of drug-likeness (QED) is 0.799. The fourth-order valence-electron chi connectivity index (χ4n) is 3.26. The van der Waals surface area contributed by atoms with E-state index in [-0.39, 0.29) is 17.9 Å². The van der Waals surface area contributed by atoms with Crippen LogP contribution in [0.4, 0.5) is 5.69 Å². The van der Waals surface area contributed by atoms with Crippen molar-refractivity contribution in [1.82, 2.24) is 4.90 Å². The fourth-order valence-corrected chi connectivity index (χ4v) is 3.26. The Hall–Kier alpha value is -2.88. The number of aryl methyl sites for hydroxylation is 3. The number of carbonyl (C=O) groups is 2. The average Bonchev–Trinajstić information content (AvgIpc) is 2.88. The van der Waals surface area contributed by atoms with Crippen LogP contribution in [0.5, 0.6) is 0 Å². The number of hydrogen-bond donors (Lipinski definition) is 1. The molecule has 2 amide bonds. The van der Waals surface area contributed by atoms with E-state index in [0.29, 0.717) is 11.3 Å². The van der Waals surface area contributed by atoms with Gasteiger partial charge in [-0.3, -0.25) is 14.5 Å². The fraction of sp³-hybridized carbons (Fsp3) is 0.304. The van der Waals surface area contributed by atoms with Crippen molar-refractivity contribution in [3.63, 3.8) is 0 Å². The minimum absolute atomic E-state index is 0.201. The Morgan fingerprint density at radius 2 is 1.59 bits per heavy atom. The monoisotopic (exact) mass is 362 g/mol. The molecule has 4 heteroatoms. The van der Waals surface area contributed by atoms with E-state index in [1.807, 2.05) is 70.2 Å². The molecule has 0 bridgehead atoms. The summed E-state index contributed by atoms with van der Waals surface area (Å²) in [6, 6.07) is 13.6. The number of nitrogens with one attached hydrogen (secondary N) is 1. The lowest BCUT2D eigenvalue weighted by Gasteiger charge is -2.19. The van der Waals surface area contributed by atoms with Crippen molar-refractivity contribution in [2.45, 2.75) is 47.1 Å². The summed E-state index contributed by atoms with van der Waals surface area (Å²) in [6.45, 7) is 9.85. The summed E-state index contributed by atoms with van der Waals surface area (Å²) in [5.41, 5.74) is 5.83. The number of hydrogen-bond acceptors (Lipinski definition) is 3. The van der Waals surface area contributed by atoms with Crippen LogP contribution in [0.2, 0.25) is 0 Å². The van der Waals surface area contributed by atoms with Gasteiger partial charge in [0.05, 0.1) is 5.57 Å². The molecule has 140 valence electrons. The highest BCUT2D eigenvalue weighted by Crippen LogP contribution is 2.32. The summed E-state index contributed by atoms with van der Waals surface area (Å²) >= 11 is 0. The molecule has 2 aromatic rings. The van der Waals surface area contributed by atoms with E-state index in [1.165, 1.54) is 10.5 Å². The van der Waals surface area contributed by atoms with Crippen LogP contribution < -0.4 is 5.32 Å². The Morgan fingerprint density at radius 1 is 0.926 bits per heavy atom. The summed E-state index contributed by atoms with van der Waals surface area (Å²) in [5.74, 6) is -0.520. The Balaban J connectivity index is 2.09. The van der Waals surface area contributed by atoms with Crippen molar-refractivity contribution in [3.8, 4) is 0 Å². The Bertz CT molecular complexity index is 924. The van der Waals surface area contributed by atoms with Crippen molar-refractivity contribution in [1.29, 1.82) is 0 Å². The van der Waals surface area contributed by atoms with Crippen LogP contribution in [-0.2, 0) is 16.0 Å². The van der Waals surface area contributed by atoms with Gasteiger partial charge < -0.3 is 5.32 Å². The molecule has 0 spiro atoms. The highest BCUT2D eigenvalue weighted by atomic mass is 16.2. The zero-order chi connectivity index (χ0) is 19.7. The normalized spacial score (nSPS) is 14.5. The second kappa shape index (κ2) is 7.39. The lowest BCUT2D eigenvalue weighted by atomic mass is 9.99. The van der Waals surface area contributed by atoms with Crippen molar-refractivity contribution >= 4 is 23.1 Å². The van der Waals surface area contributed by atoms with Crippen LogP contribution in [0, 0.1) is 13.8 Å². The molecule has 0 aliphatic carbocycles. The zero-order valence-corrected chi connectivity index (χ0v) is 16.6. The van der Waals surface area contributed by atoms with E-state index in [2.05, 4.69) is 12.2 Å². The minimum atomic E-state index is -0.275. The van der Waals surface area contributed by atoms with Crippen LogP contribution in [-0.4, -0.2) is 22.8 Å². The van der Waals surface area contributed by atoms with Gasteiger partial charge in [-0.05, 0) is 68.5 Å². The van der Waals surface area contributed by atoms with E-state index in [1.54, 1.807) is 0 Å². The van der Waals surface area contributed by atoms with Gasteiger partial charge >= 0.3 is 0 Å². The SMILES string of the molecule is CCc1ccc(NC2=C(c3ccc(C)c(C)c3)C(=O)N(C(C)C)C2=O)cc1. The molecule has 0 unspecified atom stereocenters. The highest BCUT2D eigenvalue weighted by Gasteiger charge is 2.40. The maximum atomic E-state index is 13.1. The van der Waals surface area contributed by atoms with Gasteiger partial charge in [-0.15, -0.1) is 0 Å². The number of amides is 2. The third-order valence-electron chi connectivity index (χ3n) is 5.06. The Morgan fingerprint density at radius 3 is 2.15 bits per heavy atom. The van der Waals surface area contributed by atoms with Gasteiger partial charge in [0.1, 0.15) is 5.70 Å². The minimum Gasteiger partial charge on any atom is -0.350 e. The predicted molar refractivity (Wildman–Crippen MR) is 109 cm³/mol. The molecule has 0 radical (unpaired) electrons. The number of anilines is 1. The molecular formula is C23H26N2O2. The molecule has 4 nitrogen and oxygen atoms in total. The molecule has 0 saturated heterocycles. The number of imide groups is 1. The molecule has 0 aromatic heterocycles. The highest BCUT2D eigenvalue weighted by molar-refractivity contribution is 6.36. The predicted octanol–water partition coefficient (Wildman–Crippen LogP) is 4.47. The first-order chi connectivity index (χ1) is 12.8. The van der Waals surface area contributed by atoms with Crippen LogP contribution >= 0.6 is 0 Å². The molecule has 0 atom stereocenters. The maximum absolute atomic E-state index is 13.1. The van der Waals surface area contributed by atoms with E-state index in [9.17, 15) is 9.59 Å². The first-order valence-corrected chi connectivity index (χ1v) is 9.39. The van der Waals surface area contributed by atoms with Gasteiger partial charge in [0, 0.05) is 11.7 Å². The summed E-state index contributed by atoms with van der Waals surface area (Å²) in [7, 11) is 0. The van der Waals surface area contributed by atoms with Crippen LogP contribution in [0.15, 0.2) is 48.2 Å². The van der Waals surface area contributed by atoms with Crippen molar-refractivity contribution in [2.24, 2.45) is 0 Å². The number of rotatable bonds is 5. The standard InChI is InChI=1S/C23H26N2O2/c1-6-17-8-11-19(12-9-17)24-21-20(18-10-7-15(4)16(5)13-18)22(26)25(14(2)3)23(21)27/h7-14,24H,6H2,1-5H3. The number of benzene rings is 2. The molecule has 0 saturated carbocycles. The molecule has 1 aliphatic heterocycles. The molecule has 0 fully saturated rings. The maximum Gasteiger partial charge on any atom is 0.278 e. The molecule has 3 rings (SSSR count). The summed E-state index contributed by atoms with van der Waals surface area (Å²) in [4.78, 5) is 27.4. The van der Waals surface area contributed by atoms with E-state index >= 15 is 0 Å². The first kappa shape index (κ1) is 18.9. The summed E-state index contributed by atoms with van der Waals surface area (Å²) in [6.07, 6.45) is 0.954. The molecule has 1 aliphatic rings. The zero-order valence-electron chi connectivity index (χ0n) is 16.6. The molecule has 27 heavy (non-hydrogen) atoms. The molecule has 1 N–H and O–H groups in total. The van der Waals surface area contributed by atoms with Crippen LogP contribution in [0.25, 0.3) is 5.57 Å². The summed E-state index contributed by atoms with van der Waals surface area (Å²) < 4.78 is 0. The molecule has 2 aromatic carbocycles. The average molecular weight is 362 g/mol. The van der Waals surface area contributed by atoms with Gasteiger partial charge in [0.15, 0.2) is 0 Å². The Kier molecular flexibility index (Phi) is 5.17. The van der Waals surface area contributed by atoms with E-state index < -0.39 is 0 Å². The van der Waals surface area contributed by atoms with Crippen molar-refractivity contribution in [2.75, 3.05) is 5.32 Å². The van der Waals surface area contributed by atoms with Gasteiger partial charge in [0.25, 0.3) is 11.8 Å². The van der Waals surface area contributed by atoms with Gasteiger partial charge in [-0.25, -0.2) is 0 Å². The van der Waals surface area contributed by atoms with E-state index in [4.69, 9.17) is 0 Å². The molecular weight excluding hydrogens is 336 g/mol. The van der Waals surface area contributed by atoms with Gasteiger partial charge in [0.2, 0.25) is 0 Å². The van der Waals surface area contributed by atoms with Crippen molar-refractivity contribution < 1.29 is 9.59 Å². The number of carbonyl (C=O) groups excluding carboxylic acids is 2. The lowest BCUT2D eigenvalue weighted by molar-refractivity contribution is -0.138. The smallest absolute Gasteiger partial charge is 0.278 e. The third-order valence-corrected chi connectivity index (χ3v) is 5.06. The lowest BCUT2D eigenvalue weighted by Crippen LogP contribution is -2.38. The summed E-state index contributed by atoms with van der Waals surface area (Å²) in [5, 5.41) is 3.21. The first-order valence-electron chi connectivity index (χ1n) is 9.39. The topological polar surface area (TPSA) is 49.4 Å². The number of nitrogens with zero attached hydrogens (tertiary/aromatic N) is 1. The molecule has 1 heterocycles. The van der Waals surface area contributed by atoms with E-state index in [0.717, 1.165) is 28.8 Å².